The molecule has 130 valence electrons. The van der Waals surface area contributed by atoms with Gasteiger partial charge in [-0.3, -0.25) is 9.56 Å². The molecule has 2 heterocycles. The minimum absolute atomic E-state index is 0. The first-order valence-corrected chi connectivity index (χ1v) is 8.25. The fraction of sp³-hybridized carbons (Fsp3) is 0.471. The Morgan fingerprint density at radius 2 is 2.12 bits per heavy atom. The van der Waals surface area contributed by atoms with E-state index in [1.165, 1.54) is 32.1 Å². The Kier molecular flexibility index (Phi) is 7.48. The Morgan fingerprint density at radius 1 is 1.29 bits per heavy atom. The second-order valence-corrected chi connectivity index (χ2v) is 5.90. The van der Waals surface area contributed by atoms with Gasteiger partial charge in [-0.25, -0.2) is 9.97 Å². The zero-order valence-corrected chi connectivity index (χ0v) is 16.3. The average Bonchev–Trinajstić information content (AvgIpc) is 3.14. The van der Waals surface area contributed by atoms with Gasteiger partial charge in [0.05, 0.1) is 0 Å². The second kappa shape index (κ2) is 9.61. The highest BCUT2D eigenvalue weighted by Crippen LogP contribution is 2.17. The molecule has 6 nitrogen and oxygen atoms in total. The summed E-state index contributed by atoms with van der Waals surface area (Å²) in [4.78, 5) is 12.8. The van der Waals surface area contributed by atoms with E-state index in [0.717, 1.165) is 17.3 Å². The molecule has 3 rings (SSSR count). The molecule has 2 aromatic rings. The van der Waals surface area contributed by atoms with E-state index in [4.69, 9.17) is 0 Å². The van der Waals surface area contributed by atoms with Crippen molar-refractivity contribution in [3.63, 3.8) is 0 Å². The number of nitrogens with zero attached hydrogens (tertiary/aromatic N) is 4. The van der Waals surface area contributed by atoms with Crippen molar-refractivity contribution in [1.29, 1.82) is 0 Å². The smallest absolute Gasteiger partial charge is 0.191 e. The van der Waals surface area contributed by atoms with Crippen molar-refractivity contribution in [2.24, 2.45) is 4.99 Å². The van der Waals surface area contributed by atoms with Crippen LogP contribution in [0.4, 0.5) is 0 Å². The van der Waals surface area contributed by atoms with Gasteiger partial charge in [0.1, 0.15) is 12.1 Å². The van der Waals surface area contributed by atoms with Crippen molar-refractivity contribution < 1.29 is 0 Å². The normalized spacial score (nSPS) is 15.6. The number of hydrogen-bond acceptors (Lipinski definition) is 3. The molecule has 2 aromatic heterocycles. The number of rotatable bonds is 4. The summed E-state index contributed by atoms with van der Waals surface area (Å²) in [5.74, 6) is 1.74. The molecule has 0 atom stereocenters. The van der Waals surface area contributed by atoms with Crippen LogP contribution in [0.2, 0.25) is 0 Å². The topological polar surface area (TPSA) is 67.1 Å². The highest BCUT2D eigenvalue weighted by molar-refractivity contribution is 14.0. The number of guanidine groups is 1. The lowest BCUT2D eigenvalue weighted by Crippen LogP contribution is -2.43. The standard InChI is InChI=1S/C17H24N6.HI/c1-18-17(22-15-5-3-2-4-6-15)21-12-14-7-8-16(20-11-14)23-10-9-19-13-23;/h7-11,13,15H,2-6,12H2,1H3,(H2,18,21,22);1H. The first kappa shape index (κ1) is 18.7. The van der Waals surface area contributed by atoms with E-state index < -0.39 is 0 Å². The quantitative estimate of drug-likeness (QED) is 0.436. The minimum Gasteiger partial charge on any atom is -0.354 e. The molecule has 2 N–H and O–H groups in total. The number of pyridine rings is 1. The van der Waals surface area contributed by atoms with Crippen LogP contribution in [0.3, 0.4) is 0 Å². The average molecular weight is 440 g/mol. The molecule has 0 saturated heterocycles. The summed E-state index contributed by atoms with van der Waals surface area (Å²) < 4.78 is 1.89. The summed E-state index contributed by atoms with van der Waals surface area (Å²) in [7, 11) is 1.82. The molecule has 1 aliphatic carbocycles. The molecule has 0 aliphatic heterocycles. The number of halogens is 1. The van der Waals surface area contributed by atoms with Gasteiger partial charge < -0.3 is 10.6 Å². The van der Waals surface area contributed by atoms with Gasteiger partial charge in [-0.1, -0.05) is 25.3 Å². The lowest BCUT2D eigenvalue weighted by atomic mass is 9.96. The Hall–Kier alpha value is -1.64. The van der Waals surface area contributed by atoms with E-state index in [-0.39, 0.29) is 24.0 Å². The summed E-state index contributed by atoms with van der Waals surface area (Å²) in [6.45, 7) is 0.712. The SMILES string of the molecule is CN=C(NCc1ccc(-n2ccnc2)nc1)NC1CCCCC1.I. The van der Waals surface area contributed by atoms with Gasteiger partial charge in [-0.2, -0.15) is 0 Å². The summed E-state index contributed by atoms with van der Waals surface area (Å²) >= 11 is 0. The molecule has 0 aromatic carbocycles. The van der Waals surface area contributed by atoms with Gasteiger partial charge in [0.2, 0.25) is 0 Å². The highest BCUT2D eigenvalue weighted by atomic mass is 127. The van der Waals surface area contributed by atoms with Crippen LogP contribution < -0.4 is 10.6 Å². The molecule has 24 heavy (non-hydrogen) atoms. The van der Waals surface area contributed by atoms with Crippen LogP contribution >= 0.6 is 24.0 Å². The zero-order valence-electron chi connectivity index (χ0n) is 14.0. The third kappa shape index (κ3) is 5.19. The number of imidazole rings is 1. The van der Waals surface area contributed by atoms with E-state index in [9.17, 15) is 0 Å². The zero-order chi connectivity index (χ0) is 15.9. The van der Waals surface area contributed by atoms with E-state index in [0.29, 0.717) is 12.6 Å². The Labute approximate surface area is 160 Å². The lowest BCUT2D eigenvalue weighted by molar-refractivity contribution is 0.410. The summed E-state index contributed by atoms with van der Waals surface area (Å²) in [5, 5.41) is 6.88. The first-order chi connectivity index (χ1) is 11.3. The third-order valence-electron chi connectivity index (χ3n) is 4.21. The Balaban J connectivity index is 0.00000208. The maximum absolute atomic E-state index is 4.46. The molecule has 1 aliphatic rings. The number of hydrogen-bond donors (Lipinski definition) is 2. The van der Waals surface area contributed by atoms with Crippen LogP contribution in [0.15, 0.2) is 42.0 Å². The Bertz CT molecular complexity index is 617. The summed E-state index contributed by atoms with van der Waals surface area (Å²) in [5.41, 5.74) is 1.13. The molecule has 0 amide bonds. The highest BCUT2D eigenvalue weighted by Gasteiger charge is 2.14. The molecule has 0 radical (unpaired) electrons. The summed E-state index contributed by atoms with van der Waals surface area (Å²) in [6.07, 6.45) is 13.7. The van der Waals surface area contributed by atoms with E-state index in [2.05, 4.69) is 31.7 Å². The predicted octanol–water partition coefficient (Wildman–Crippen LogP) is 2.88. The van der Waals surface area contributed by atoms with Crippen LogP contribution in [0, 0.1) is 0 Å². The van der Waals surface area contributed by atoms with Gasteiger partial charge in [0.25, 0.3) is 0 Å². The van der Waals surface area contributed by atoms with E-state index >= 15 is 0 Å². The van der Waals surface area contributed by atoms with Gasteiger partial charge in [0.15, 0.2) is 5.96 Å². The summed E-state index contributed by atoms with van der Waals surface area (Å²) in [6, 6.07) is 4.62. The first-order valence-electron chi connectivity index (χ1n) is 8.25. The largest absolute Gasteiger partial charge is 0.354 e. The van der Waals surface area contributed by atoms with E-state index in [1.807, 2.05) is 30.1 Å². The molecule has 0 unspecified atom stereocenters. The van der Waals surface area contributed by atoms with Gasteiger partial charge in [0, 0.05) is 38.2 Å². The van der Waals surface area contributed by atoms with Crippen molar-refractivity contribution in [2.45, 2.75) is 44.7 Å². The Morgan fingerprint density at radius 3 is 2.75 bits per heavy atom. The maximum atomic E-state index is 4.46. The van der Waals surface area contributed by atoms with Crippen molar-refractivity contribution >= 4 is 29.9 Å². The monoisotopic (exact) mass is 440 g/mol. The lowest BCUT2D eigenvalue weighted by Gasteiger charge is -2.24. The molecule has 7 heteroatoms. The van der Waals surface area contributed by atoms with Crippen molar-refractivity contribution in [3.05, 3.63) is 42.6 Å². The second-order valence-electron chi connectivity index (χ2n) is 5.90. The van der Waals surface area contributed by atoms with Crippen molar-refractivity contribution in [3.8, 4) is 5.82 Å². The number of aromatic nitrogens is 3. The van der Waals surface area contributed by atoms with Crippen LogP contribution in [0.25, 0.3) is 5.82 Å². The fourth-order valence-corrected chi connectivity index (χ4v) is 2.89. The van der Waals surface area contributed by atoms with Crippen molar-refractivity contribution in [2.75, 3.05) is 7.05 Å². The molecule has 1 saturated carbocycles. The molecular weight excluding hydrogens is 415 g/mol. The number of aliphatic imine (C=N–C) groups is 1. The molecule has 0 bridgehead atoms. The minimum atomic E-state index is 0. The molecule has 1 fully saturated rings. The van der Waals surface area contributed by atoms with Crippen LogP contribution in [-0.2, 0) is 6.54 Å². The van der Waals surface area contributed by atoms with Gasteiger partial charge >= 0.3 is 0 Å². The van der Waals surface area contributed by atoms with Crippen molar-refractivity contribution in [1.82, 2.24) is 25.2 Å². The maximum Gasteiger partial charge on any atom is 0.191 e. The van der Waals surface area contributed by atoms with Crippen LogP contribution in [0.1, 0.15) is 37.7 Å². The number of nitrogens with one attached hydrogen (secondary N) is 2. The third-order valence-corrected chi connectivity index (χ3v) is 4.21. The van der Waals surface area contributed by atoms with Crippen LogP contribution in [0.5, 0.6) is 0 Å². The predicted molar refractivity (Wildman–Crippen MR) is 107 cm³/mol. The fourth-order valence-electron chi connectivity index (χ4n) is 2.89. The van der Waals surface area contributed by atoms with Crippen LogP contribution in [-0.4, -0.2) is 33.6 Å². The van der Waals surface area contributed by atoms with Gasteiger partial charge in [-0.05, 0) is 24.5 Å². The molecular formula is C17H25IN6. The molecule has 0 spiro atoms. The van der Waals surface area contributed by atoms with E-state index in [1.54, 1.807) is 12.5 Å². The van der Waals surface area contributed by atoms with Gasteiger partial charge in [-0.15, -0.1) is 24.0 Å².